The molecule has 0 spiro atoms. The SMILES string of the molecule is O=C1OP(Oc2ccccc2)OC1c1ccccc1. The molecule has 0 aromatic heterocycles. The van der Waals surface area contributed by atoms with Crippen molar-refractivity contribution in [1.82, 2.24) is 0 Å². The van der Waals surface area contributed by atoms with E-state index in [0.717, 1.165) is 5.56 Å². The third kappa shape index (κ3) is 2.75. The summed E-state index contributed by atoms with van der Waals surface area (Å²) in [6.45, 7) is 0. The Labute approximate surface area is 111 Å². The molecule has 2 aromatic rings. The molecule has 5 heteroatoms. The van der Waals surface area contributed by atoms with Crippen LogP contribution >= 0.6 is 8.60 Å². The highest BCUT2D eigenvalue weighted by atomic mass is 31.2. The molecule has 0 bridgehead atoms. The maximum absolute atomic E-state index is 11.8. The molecule has 2 atom stereocenters. The lowest BCUT2D eigenvalue weighted by Crippen LogP contribution is -2.06. The minimum Gasteiger partial charge on any atom is -0.418 e. The van der Waals surface area contributed by atoms with Crippen LogP contribution in [0.5, 0.6) is 5.75 Å². The molecule has 1 saturated heterocycles. The quantitative estimate of drug-likeness (QED) is 0.802. The zero-order valence-electron chi connectivity index (χ0n) is 9.93. The highest BCUT2D eigenvalue weighted by Gasteiger charge is 2.40. The Morgan fingerprint density at radius 2 is 1.58 bits per heavy atom. The zero-order chi connectivity index (χ0) is 13.1. The number of carbonyl (C=O) groups excluding carboxylic acids is 1. The maximum atomic E-state index is 11.8. The van der Waals surface area contributed by atoms with E-state index in [1.165, 1.54) is 0 Å². The molecule has 3 rings (SSSR count). The number of carbonyl (C=O) groups is 1. The molecule has 0 amide bonds. The standard InChI is InChI=1S/C14H11O4P/c15-14-13(11-7-3-1-4-8-11)17-19(18-14)16-12-9-5-2-6-10-12/h1-10,13H. The van der Waals surface area contributed by atoms with E-state index in [4.69, 9.17) is 13.6 Å². The van der Waals surface area contributed by atoms with E-state index < -0.39 is 20.7 Å². The maximum Gasteiger partial charge on any atom is 0.466 e. The van der Waals surface area contributed by atoms with Crippen molar-refractivity contribution in [1.29, 1.82) is 0 Å². The van der Waals surface area contributed by atoms with E-state index >= 15 is 0 Å². The summed E-state index contributed by atoms with van der Waals surface area (Å²) in [6, 6.07) is 18.4. The Bertz CT molecular complexity index is 558. The average Bonchev–Trinajstić information content (AvgIpc) is 2.82. The van der Waals surface area contributed by atoms with E-state index in [-0.39, 0.29) is 0 Å². The van der Waals surface area contributed by atoms with E-state index in [9.17, 15) is 4.79 Å². The predicted molar refractivity (Wildman–Crippen MR) is 70.4 cm³/mol. The average molecular weight is 274 g/mol. The normalized spacial score (nSPS) is 22.0. The molecular formula is C14H11O4P. The van der Waals surface area contributed by atoms with Crippen LogP contribution in [0.1, 0.15) is 11.7 Å². The van der Waals surface area contributed by atoms with Gasteiger partial charge in [0.1, 0.15) is 5.75 Å². The summed E-state index contributed by atoms with van der Waals surface area (Å²) >= 11 is 0. The van der Waals surface area contributed by atoms with Gasteiger partial charge in [0.05, 0.1) is 0 Å². The first kappa shape index (κ1) is 12.2. The van der Waals surface area contributed by atoms with E-state index in [1.54, 1.807) is 12.1 Å². The fraction of sp³-hybridized carbons (Fsp3) is 0.0714. The highest BCUT2D eigenvalue weighted by Crippen LogP contribution is 2.51. The second kappa shape index (κ2) is 5.39. The van der Waals surface area contributed by atoms with Gasteiger partial charge in [0.2, 0.25) is 0 Å². The molecule has 19 heavy (non-hydrogen) atoms. The van der Waals surface area contributed by atoms with Gasteiger partial charge in [-0.25, -0.2) is 4.79 Å². The van der Waals surface area contributed by atoms with Gasteiger partial charge in [-0.15, -0.1) is 0 Å². The zero-order valence-corrected chi connectivity index (χ0v) is 10.8. The smallest absolute Gasteiger partial charge is 0.418 e. The second-order valence-corrected chi connectivity index (χ2v) is 4.96. The van der Waals surface area contributed by atoms with Gasteiger partial charge in [-0.3, -0.25) is 4.52 Å². The molecule has 96 valence electrons. The molecule has 4 nitrogen and oxygen atoms in total. The number of hydrogen-bond donors (Lipinski definition) is 0. The Hall–Kier alpha value is -1.90. The highest BCUT2D eigenvalue weighted by molar-refractivity contribution is 7.43. The minimum absolute atomic E-state index is 0.409. The minimum atomic E-state index is -1.67. The largest absolute Gasteiger partial charge is 0.466 e. The molecule has 0 N–H and O–H groups in total. The molecule has 1 heterocycles. The summed E-state index contributed by atoms with van der Waals surface area (Å²) in [5, 5.41) is 0. The van der Waals surface area contributed by atoms with Crippen molar-refractivity contribution in [3.8, 4) is 5.75 Å². The van der Waals surface area contributed by atoms with Gasteiger partial charge in [0.15, 0.2) is 6.10 Å². The van der Waals surface area contributed by atoms with Crippen LogP contribution in [-0.4, -0.2) is 5.97 Å². The number of benzene rings is 2. The van der Waals surface area contributed by atoms with Crippen LogP contribution in [0.15, 0.2) is 60.7 Å². The first-order chi connectivity index (χ1) is 9.33. The van der Waals surface area contributed by atoms with Crippen LogP contribution in [0.25, 0.3) is 0 Å². The van der Waals surface area contributed by atoms with Crippen molar-refractivity contribution < 1.29 is 18.4 Å². The fourth-order valence-electron chi connectivity index (χ4n) is 1.70. The fourth-order valence-corrected chi connectivity index (χ4v) is 2.74. The van der Waals surface area contributed by atoms with E-state index in [0.29, 0.717) is 5.75 Å². The van der Waals surface area contributed by atoms with Crippen molar-refractivity contribution >= 4 is 14.6 Å². The molecule has 1 fully saturated rings. The van der Waals surface area contributed by atoms with Gasteiger partial charge in [0.25, 0.3) is 0 Å². The molecule has 1 aliphatic rings. The molecule has 1 aliphatic heterocycles. The summed E-state index contributed by atoms with van der Waals surface area (Å²) in [7, 11) is -1.67. The van der Waals surface area contributed by atoms with E-state index in [2.05, 4.69) is 0 Å². The first-order valence-corrected chi connectivity index (χ1v) is 6.89. The van der Waals surface area contributed by atoms with Crippen molar-refractivity contribution in [3.63, 3.8) is 0 Å². The Balaban J connectivity index is 1.70. The van der Waals surface area contributed by atoms with Crippen LogP contribution in [0.2, 0.25) is 0 Å². The van der Waals surface area contributed by atoms with Crippen molar-refractivity contribution in [2.45, 2.75) is 6.10 Å². The third-order valence-electron chi connectivity index (χ3n) is 2.60. The van der Waals surface area contributed by atoms with Crippen LogP contribution < -0.4 is 4.52 Å². The summed E-state index contributed by atoms with van der Waals surface area (Å²) in [5.41, 5.74) is 0.772. The molecule has 2 aromatic carbocycles. The van der Waals surface area contributed by atoms with Gasteiger partial charge in [-0.05, 0) is 17.7 Å². The van der Waals surface area contributed by atoms with Gasteiger partial charge in [-0.2, -0.15) is 0 Å². The molecule has 0 radical (unpaired) electrons. The molecule has 2 unspecified atom stereocenters. The number of rotatable bonds is 3. The monoisotopic (exact) mass is 274 g/mol. The Kier molecular flexibility index (Phi) is 3.45. The van der Waals surface area contributed by atoms with Crippen molar-refractivity contribution in [2.24, 2.45) is 0 Å². The van der Waals surface area contributed by atoms with Gasteiger partial charge < -0.3 is 9.05 Å². The number of para-hydroxylation sites is 1. The lowest BCUT2D eigenvalue weighted by Gasteiger charge is -2.08. The van der Waals surface area contributed by atoms with E-state index in [1.807, 2.05) is 48.5 Å². The van der Waals surface area contributed by atoms with Gasteiger partial charge >= 0.3 is 14.6 Å². The topological polar surface area (TPSA) is 44.8 Å². The lowest BCUT2D eigenvalue weighted by molar-refractivity contribution is -0.136. The Morgan fingerprint density at radius 3 is 2.26 bits per heavy atom. The van der Waals surface area contributed by atoms with Crippen molar-refractivity contribution in [3.05, 3.63) is 66.2 Å². The van der Waals surface area contributed by atoms with Gasteiger partial charge in [0, 0.05) is 0 Å². The van der Waals surface area contributed by atoms with Crippen LogP contribution in [0, 0.1) is 0 Å². The first-order valence-electron chi connectivity index (χ1n) is 5.79. The molecular weight excluding hydrogens is 263 g/mol. The van der Waals surface area contributed by atoms with Crippen LogP contribution in [-0.2, 0) is 13.8 Å². The summed E-state index contributed by atoms with van der Waals surface area (Å²) in [4.78, 5) is 11.8. The second-order valence-electron chi connectivity index (χ2n) is 3.93. The lowest BCUT2D eigenvalue weighted by atomic mass is 10.1. The van der Waals surface area contributed by atoms with Gasteiger partial charge in [-0.1, -0.05) is 48.5 Å². The summed E-state index contributed by atoms with van der Waals surface area (Å²) in [6.07, 6.45) is -0.698. The molecule has 0 aliphatic carbocycles. The number of hydrogen-bond acceptors (Lipinski definition) is 4. The predicted octanol–water partition coefficient (Wildman–Crippen LogP) is 3.61. The third-order valence-corrected chi connectivity index (χ3v) is 3.67. The van der Waals surface area contributed by atoms with Crippen molar-refractivity contribution in [2.75, 3.05) is 0 Å². The molecule has 0 saturated carbocycles. The van der Waals surface area contributed by atoms with Crippen LogP contribution in [0.3, 0.4) is 0 Å². The van der Waals surface area contributed by atoms with Crippen LogP contribution in [0.4, 0.5) is 0 Å². The summed E-state index contributed by atoms with van der Waals surface area (Å²) in [5.74, 6) is 0.211. The Morgan fingerprint density at radius 1 is 0.947 bits per heavy atom. The summed E-state index contributed by atoms with van der Waals surface area (Å²) < 4.78 is 16.1.